The summed E-state index contributed by atoms with van der Waals surface area (Å²) in [7, 11) is 1.62. The second-order valence-electron chi connectivity index (χ2n) is 7.17. The zero-order valence-corrected chi connectivity index (χ0v) is 16.1. The Bertz CT molecular complexity index is 627. The summed E-state index contributed by atoms with van der Waals surface area (Å²) in [4.78, 5) is 28.4. The van der Waals surface area contributed by atoms with Gasteiger partial charge in [-0.2, -0.15) is 0 Å². The second-order valence-corrected chi connectivity index (χ2v) is 7.17. The van der Waals surface area contributed by atoms with E-state index in [9.17, 15) is 14.7 Å². The molecule has 2 amide bonds. The first kappa shape index (κ1) is 21.0. The molecule has 0 radical (unpaired) electrons. The summed E-state index contributed by atoms with van der Waals surface area (Å²) < 4.78 is 5.17. The first-order chi connectivity index (χ1) is 12.9. The SMILES string of the molecule is COc1ccc(N2CCN(C(=O)C(CC(C)C)C(O)C(=O)NO)CC2)cc1. The highest BCUT2D eigenvalue weighted by molar-refractivity contribution is 5.88. The summed E-state index contributed by atoms with van der Waals surface area (Å²) in [5, 5.41) is 18.9. The van der Waals surface area contributed by atoms with E-state index < -0.39 is 17.9 Å². The molecule has 27 heavy (non-hydrogen) atoms. The molecule has 150 valence electrons. The molecule has 2 unspecified atom stereocenters. The van der Waals surface area contributed by atoms with Crippen molar-refractivity contribution in [2.45, 2.75) is 26.4 Å². The standard InChI is InChI=1S/C19H29N3O5/c1-13(2)12-16(17(23)18(24)20-26)19(25)22-10-8-21(9-11-22)14-4-6-15(27-3)7-5-14/h4-7,13,16-17,23,26H,8-12H2,1-3H3,(H,20,24). The molecule has 2 rings (SSSR count). The maximum absolute atomic E-state index is 12.9. The number of piperazine rings is 1. The van der Waals surface area contributed by atoms with E-state index in [1.807, 2.05) is 38.1 Å². The number of carbonyl (C=O) groups is 2. The minimum atomic E-state index is -1.57. The van der Waals surface area contributed by atoms with Crippen molar-refractivity contribution in [3.8, 4) is 5.75 Å². The Morgan fingerprint density at radius 3 is 2.22 bits per heavy atom. The molecule has 1 saturated heterocycles. The minimum Gasteiger partial charge on any atom is -0.497 e. The van der Waals surface area contributed by atoms with Crippen LogP contribution in [0.4, 0.5) is 5.69 Å². The van der Waals surface area contributed by atoms with E-state index in [-0.39, 0.29) is 11.8 Å². The van der Waals surface area contributed by atoms with Crippen LogP contribution in [0.5, 0.6) is 5.75 Å². The smallest absolute Gasteiger partial charge is 0.272 e. The quantitative estimate of drug-likeness (QED) is 0.480. The van der Waals surface area contributed by atoms with Gasteiger partial charge in [0.25, 0.3) is 5.91 Å². The Kier molecular flexibility index (Phi) is 7.44. The number of methoxy groups -OCH3 is 1. The fourth-order valence-electron chi connectivity index (χ4n) is 3.33. The topological polar surface area (TPSA) is 102 Å². The number of ether oxygens (including phenoxy) is 1. The van der Waals surface area contributed by atoms with Crippen LogP contribution in [0.2, 0.25) is 0 Å². The van der Waals surface area contributed by atoms with Crippen LogP contribution in [-0.4, -0.2) is 66.4 Å². The Morgan fingerprint density at radius 2 is 1.74 bits per heavy atom. The van der Waals surface area contributed by atoms with Crippen molar-refractivity contribution >= 4 is 17.5 Å². The number of aliphatic hydroxyl groups excluding tert-OH is 1. The molecule has 0 saturated carbocycles. The van der Waals surface area contributed by atoms with Crippen LogP contribution in [-0.2, 0) is 9.59 Å². The summed E-state index contributed by atoms with van der Waals surface area (Å²) in [6.45, 7) is 6.18. The molecule has 1 heterocycles. The monoisotopic (exact) mass is 379 g/mol. The number of benzene rings is 1. The Morgan fingerprint density at radius 1 is 1.15 bits per heavy atom. The van der Waals surface area contributed by atoms with Gasteiger partial charge in [-0.15, -0.1) is 0 Å². The average Bonchev–Trinajstić information content (AvgIpc) is 2.70. The van der Waals surface area contributed by atoms with Crippen molar-refractivity contribution in [2.75, 3.05) is 38.2 Å². The summed E-state index contributed by atoms with van der Waals surface area (Å²) in [5.41, 5.74) is 2.49. The molecule has 1 aliphatic rings. The summed E-state index contributed by atoms with van der Waals surface area (Å²) in [5.74, 6) is -1.16. The summed E-state index contributed by atoms with van der Waals surface area (Å²) >= 11 is 0. The largest absolute Gasteiger partial charge is 0.497 e. The lowest BCUT2D eigenvalue weighted by Crippen LogP contribution is -2.53. The van der Waals surface area contributed by atoms with E-state index >= 15 is 0 Å². The maximum atomic E-state index is 12.9. The number of hydroxylamine groups is 1. The molecule has 0 aliphatic carbocycles. The molecule has 1 aromatic carbocycles. The van der Waals surface area contributed by atoms with Crippen LogP contribution in [0.3, 0.4) is 0 Å². The number of rotatable bonds is 7. The molecule has 0 aromatic heterocycles. The Hall–Kier alpha value is -2.32. The number of nitrogens with one attached hydrogen (secondary N) is 1. The van der Waals surface area contributed by atoms with Gasteiger partial charge < -0.3 is 19.6 Å². The van der Waals surface area contributed by atoms with E-state index in [2.05, 4.69) is 4.90 Å². The van der Waals surface area contributed by atoms with Gasteiger partial charge in [-0.05, 0) is 36.6 Å². The lowest BCUT2D eigenvalue weighted by Gasteiger charge is -2.38. The van der Waals surface area contributed by atoms with Crippen LogP contribution in [0.1, 0.15) is 20.3 Å². The van der Waals surface area contributed by atoms with Crippen LogP contribution >= 0.6 is 0 Å². The number of hydrogen-bond donors (Lipinski definition) is 3. The summed E-state index contributed by atoms with van der Waals surface area (Å²) in [6.07, 6.45) is -1.20. The number of nitrogens with zero attached hydrogens (tertiary/aromatic N) is 2. The van der Waals surface area contributed by atoms with E-state index in [4.69, 9.17) is 9.94 Å². The highest BCUT2D eigenvalue weighted by Gasteiger charge is 2.36. The molecule has 2 atom stereocenters. The average molecular weight is 379 g/mol. The van der Waals surface area contributed by atoms with Gasteiger partial charge in [0.1, 0.15) is 11.9 Å². The lowest BCUT2D eigenvalue weighted by molar-refractivity contribution is -0.151. The number of carbonyl (C=O) groups excluding carboxylic acids is 2. The van der Waals surface area contributed by atoms with Crippen molar-refractivity contribution in [1.82, 2.24) is 10.4 Å². The van der Waals surface area contributed by atoms with Crippen molar-refractivity contribution in [3.05, 3.63) is 24.3 Å². The fourth-order valence-corrected chi connectivity index (χ4v) is 3.33. The van der Waals surface area contributed by atoms with Crippen molar-refractivity contribution < 1.29 is 24.6 Å². The van der Waals surface area contributed by atoms with Gasteiger partial charge >= 0.3 is 0 Å². The first-order valence-corrected chi connectivity index (χ1v) is 9.17. The van der Waals surface area contributed by atoms with Gasteiger partial charge in [-0.3, -0.25) is 14.8 Å². The van der Waals surface area contributed by atoms with E-state index in [0.29, 0.717) is 32.6 Å². The maximum Gasteiger partial charge on any atom is 0.272 e. The van der Waals surface area contributed by atoms with Gasteiger partial charge in [0.2, 0.25) is 5.91 Å². The zero-order valence-electron chi connectivity index (χ0n) is 16.1. The number of hydrogen-bond acceptors (Lipinski definition) is 6. The third-order valence-electron chi connectivity index (χ3n) is 4.83. The molecule has 3 N–H and O–H groups in total. The minimum absolute atomic E-state index is 0.126. The van der Waals surface area contributed by atoms with Crippen molar-refractivity contribution in [2.24, 2.45) is 11.8 Å². The highest BCUT2D eigenvalue weighted by atomic mass is 16.5. The molecule has 0 bridgehead atoms. The number of anilines is 1. The number of amides is 2. The normalized spacial score (nSPS) is 16.8. The van der Waals surface area contributed by atoms with Gasteiger partial charge in [-0.1, -0.05) is 13.8 Å². The molecule has 1 fully saturated rings. The van der Waals surface area contributed by atoms with Crippen molar-refractivity contribution in [3.63, 3.8) is 0 Å². The predicted molar refractivity (Wildman–Crippen MR) is 101 cm³/mol. The second kappa shape index (κ2) is 9.57. The lowest BCUT2D eigenvalue weighted by atomic mass is 9.90. The van der Waals surface area contributed by atoms with E-state index in [1.54, 1.807) is 12.0 Å². The molecular formula is C19H29N3O5. The van der Waals surface area contributed by atoms with E-state index in [0.717, 1.165) is 11.4 Å². The number of aliphatic hydroxyl groups is 1. The summed E-state index contributed by atoms with van der Waals surface area (Å²) in [6, 6.07) is 7.76. The van der Waals surface area contributed by atoms with Crippen LogP contribution in [0, 0.1) is 11.8 Å². The third-order valence-corrected chi connectivity index (χ3v) is 4.83. The van der Waals surface area contributed by atoms with Crippen LogP contribution in [0.25, 0.3) is 0 Å². The van der Waals surface area contributed by atoms with E-state index in [1.165, 1.54) is 5.48 Å². The molecular weight excluding hydrogens is 350 g/mol. The van der Waals surface area contributed by atoms with Crippen LogP contribution < -0.4 is 15.1 Å². The fraction of sp³-hybridized carbons (Fsp3) is 0.579. The first-order valence-electron chi connectivity index (χ1n) is 9.17. The third kappa shape index (κ3) is 5.33. The molecule has 8 heteroatoms. The molecule has 1 aromatic rings. The highest BCUT2D eigenvalue weighted by Crippen LogP contribution is 2.23. The molecule has 0 spiro atoms. The van der Waals surface area contributed by atoms with Crippen LogP contribution in [0.15, 0.2) is 24.3 Å². The Labute approximate surface area is 159 Å². The van der Waals surface area contributed by atoms with Crippen molar-refractivity contribution in [1.29, 1.82) is 0 Å². The zero-order chi connectivity index (χ0) is 20.0. The Balaban J connectivity index is 2.00. The van der Waals surface area contributed by atoms with Gasteiger partial charge in [0.05, 0.1) is 13.0 Å². The predicted octanol–water partition coefficient (Wildman–Crippen LogP) is 0.872. The van der Waals surface area contributed by atoms with Gasteiger partial charge in [0, 0.05) is 31.9 Å². The van der Waals surface area contributed by atoms with Gasteiger partial charge in [0.15, 0.2) is 0 Å². The molecule has 8 nitrogen and oxygen atoms in total. The molecule has 1 aliphatic heterocycles. The van der Waals surface area contributed by atoms with Gasteiger partial charge in [-0.25, -0.2) is 5.48 Å².